The fourth-order valence-electron chi connectivity index (χ4n) is 1.78. The van der Waals surface area contributed by atoms with E-state index >= 15 is 0 Å². The van der Waals surface area contributed by atoms with Crippen LogP contribution in [-0.4, -0.2) is 46.5 Å². The highest BCUT2D eigenvalue weighted by Gasteiger charge is 2.14. The van der Waals surface area contributed by atoms with Crippen LogP contribution in [0.25, 0.3) is 0 Å². The molecule has 1 atom stereocenters. The smallest absolute Gasteiger partial charge is 0.0964 e. The minimum absolute atomic E-state index is 0.0929. The summed E-state index contributed by atoms with van der Waals surface area (Å²) in [6, 6.07) is 0. The molecule has 1 fully saturated rings. The normalized spacial score (nSPS) is 20.4. The number of aromatic nitrogens is 3. The molecule has 1 saturated heterocycles. The zero-order chi connectivity index (χ0) is 11.2. The summed E-state index contributed by atoms with van der Waals surface area (Å²) in [7, 11) is 0. The molecule has 1 aliphatic rings. The van der Waals surface area contributed by atoms with Gasteiger partial charge >= 0.3 is 0 Å². The predicted octanol–water partition coefficient (Wildman–Crippen LogP) is -0.603. The summed E-state index contributed by atoms with van der Waals surface area (Å²) in [5.41, 5.74) is 0.910. The van der Waals surface area contributed by atoms with Gasteiger partial charge in [0.15, 0.2) is 0 Å². The quantitative estimate of drug-likeness (QED) is 0.677. The lowest BCUT2D eigenvalue weighted by Crippen LogP contribution is -2.22. The van der Waals surface area contributed by atoms with Crippen molar-refractivity contribution >= 4 is 0 Å². The van der Waals surface area contributed by atoms with E-state index in [0.29, 0.717) is 12.5 Å². The molecule has 0 spiro atoms. The Hall–Kier alpha value is -0.980. The Morgan fingerprint density at radius 1 is 1.62 bits per heavy atom. The molecular formula is C10H18N4O2. The summed E-state index contributed by atoms with van der Waals surface area (Å²) >= 11 is 0. The van der Waals surface area contributed by atoms with Crippen LogP contribution in [0.5, 0.6) is 0 Å². The fraction of sp³-hybridized carbons (Fsp3) is 0.800. The fourth-order valence-corrected chi connectivity index (χ4v) is 1.78. The number of hydrogen-bond acceptors (Lipinski definition) is 5. The molecule has 0 bridgehead atoms. The Kier molecular flexibility index (Phi) is 4.26. The maximum Gasteiger partial charge on any atom is 0.0964 e. The lowest BCUT2D eigenvalue weighted by atomic mass is 10.1. The lowest BCUT2D eigenvalue weighted by molar-refractivity contribution is 0.185. The molecule has 1 aliphatic heterocycles. The zero-order valence-corrected chi connectivity index (χ0v) is 9.30. The van der Waals surface area contributed by atoms with Gasteiger partial charge in [-0.15, -0.1) is 5.10 Å². The first-order chi connectivity index (χ1) is 7.88. The largest absolute Gasteiger partial charge is 0.394 e. The van der Waals surface area contributed by atoms with E-state index in [2.05, 4.69) is 15.6 Å². The number of rotatable bonds is 6. The van der Waals surface area contributed by atoms with Crippen molar-refractivity contribution in [1.29, 1.82) is 0 Å². The number of nitrogens with zero attached hydrogens (tertiary/aromatic N) is 3. The number of ether oxygens (including phenoxy) is 1. The van der Waals surface area contributed by atoms with Crippen molar-refractivity contribution in [3.63, 3.8) is 0 Å². The van der Waals surface area contributed by atoms with Crippen molar-refractivity contribution in [2.45, 2.75) is 19.5 Å². The first-order valence-electron chi connectivity index (χ1n) is 5.67. The number of aliphatic hydroxyl groups excluding tert-OH is 1. The van der Waals surface area contributed by atoms with Crippen LogP contribution < -0.4 is 5.32 Å². The topological polar surface area (TPSA) is 72.2 Å². The molecule has 1 aromatic heterocycles. The van der Waals surface area contributed by atoms with Gasteiger partial charge in [-0.3, -0.25) is 0 Å². The van der Waals surface area contributed by atoms with E-state index in [9.17, 15) is 0 Å². The summed E-state index contributed by atoms with van der Waals surface area (Å²) in [5.74, 6) is 0.632. The lowest BCUT2D eigenvalue weighted by Gasteiger charge is -2.07. The van der Waals surface area contributed by atoms with Crippen LogP contribution in [0.4, 0.5) is 0 Å². The third-order valence-corrected chi connectivity index (χ3v) is 2.68. The molecule has 0 aliphatic carbocycles. The van der Waals surface area contributed by atoms with Gasteiger partial charge in [0.25, 0.3) is 0 Å². The van der Waals surface area contributed by atoms with Crippen molar-refractivity contribution < 1.29 is 9.84 Å². The van der Waals surface area contributed by atoms with Crippen LogP contribution in [0.2, 0.25) is 0 Å². The SMILES string of the molecule is OCCn1cc(CNCC2CCOC2)nn1. The van der Waals surface area contributed by atoms with Gasteiger partial charge in [-0.1, -0.05) is 5.21 Å². The molecule has 0 radical (unpaired) electrons. The van der Waals surface area contributed by atoms with Crippen molar-refractivity contribution in [3.8, 4) is 0 Å². The standard InChI is InChI=1S/C10H18N4O2/c15-3-2-14-7-10(12-13-14)6-11-5-9-1-4-16-8-9/h7,9,11,15H,1-6,8H2. The van der Waals surface area contributed by atoms with Crippen molar-refractivity contribution in [1.82, 2.24) is 20.3 Å². The maximum atomic E-state index is 8.73. The van der Waals surface area contributed by atoms with Crippen LogP contribution in [0, 0.1) is 5.92 Å². The number of hydrogen-bond donors (Lipinski definition) is 2. The summed E-state index contributed by atoms with van der Waals surface area (Å²) in [6.45, 7) is 4.04. The second-order valence-corrected chi connectivity index (χ2v) is 4.06. The summed E-state index contributed by atoms with van der Waals surface area (Å²) in [4.78, 5) is 0. The van der Waals surface area contributed by atoms with Gasteiger partial charge in [0.05, 0.1) is 25.5 Å². The van der Waals surface area contributed by atoms with Gasteiger partial charge in [0.1, 0.15) is 0 Å². The Bertz CT molecular complexity index is 310. The Labute approximate surface area is 94.6 Å². The molecule has 6 nitrogen and oxygen atoms in total. The highest BCUT2D eigenvalue weighted by atomic mass is 16.5. The minimum Gasteiger partial charge on any atom is -0.394 e. The van der Waals surface area contributed by atoms with E-state index in [1.165, 1.54) is 0 Å². The molecule has 16 heavy (non-hydrogen) atoms. The van der Waals surface area contributed by atoms with E-state index in [4.69, 9.17) is 9.84 Å². The average Bonchev–Trinajstić information content (AvgIpc) is 2.90. The van der Waals surface area contributed by atoms with Crippen LogP contribution in [0.3, 0.4) is 0 Å². The van der Waals surface area contributed by atoms with Crippen molar-refractivity contribution in [3.05, 3.63) is 11.9 Å². The zero-order valence-electron chi connectivity index (χ0n) is 9.30. The van der Waals surface area contributed by atoms with Gasteiger partial charge < -0.3 is 15.2 Å². The van der Waals surface area contributed by atoms with Crippen molar-refractivity contribution in [2.75, 3.05) is 26.4 Å². The van der Waals surface area contributed by atoms with E-state index in [0.717, 1.165) is 38.4 Å². The minimum atomic E-state index is 0.0929. The first-order valence-corrected chi connectivity index (χ1v) is 5.67. The van der Waals surface area contributed by atoms with E-state index in [1.54, 1.807) is 4.68 Å². The average molecular weight is 226 g/mol. The van der Waals surface area contributed by atoms with Gasteiger partial charge in [-0.25, -0.2) is 4.68 Å². The highest BCUT2D eigenvalue weighted by Crippen LogP contribution is 2.10. The predicted molar refractivity (Wildman–Crippen MR) is 57.7 cm³/mol. The second-order valence-electron chi connectivity index (χ2n) is 4.06. The Balaban J connectivity index is 1.67. The molecule has 6 heteroatoms. The third-order valence-electron chi connectivity index (χ3n) is 2.68. The first kappa shape index (κ1) is 11.5. The van der Waals surface area contributed by atoms with Crippen LogP contribution in [0.1, 0.15) is 12.1 Å². The van der Waals surface area contributed by atoms with Gasteiger partial charge in [-0.2, -0.15) is 0 Å². The number of nitrogens with one attached hydrogen (secondary N) is 1. The Morgan fingerprint density at radius 2 is 2.56 bits per heavy atom. The van der Waals surface area contributed by atoms with Crippen LogP contribution in [0.15, 0.2) is 6.20 Å². The molecule has 2 heterocycles. The van der Waals surface area contributed by atoms with Gasteiger partial charge in [0, 0.05) is 25.9 Å². The summed E-state index contributed by atoms with van der Waals surface area (Å²) in [6.07, 6.45) is 3.00. The van der Waals surface area contributed by atoms with Crippen molar-refractivity contribution in [2.24, 2.45) is 5.92 Å². The monoisotopic (exact) mass is 226 g/mol. The highest BCUT2D eigenvalue weighted by molar-refractivity contribution is 4.91. The molecule has 1 aromatic rings. The molecule has 2 N–H and O–H groups in total. The maximum absolute atomic E-state index is 8.73. The molecule has 0 amide bonds. The Morgan fingerprint density at radius 3 is 3.31 bits per heavy atom. The molecule has 90 valence electrons. The molecular weight excluding hydrogens is 208 g/mol. The van der Waals surface area contributed by atoms with E-state index < -0.39 is 0 Å². The number of aliphatic hydroxyl groups is 1. The molecule has 0 aromatic carbocycles. The summed E-state index contributed by atoms with van der Waals surface area (Å²) in [5, 5.41) is 20.0. The second kappa shape index (κ2) is 5.93. The van der Waals surface area contributed by atoms with Crippen LogP contribution >= 0.6 is 0 Å². The van der Waals surface area contributed by atoms with E-state index in [1.807, 2.05) is 6.20 Å². The molecule has 2 rings (SSSR count). The molecule has 1 unspecified atom stereocenters. The summed E-state index contributed by atoms with van der Waals surface area (Å²) < 4.78 is 6.94. The van der Waals surface area contributed by atoms with Gasteiger partial charge in [-0.05, 0) is 12.3 Å². The van der Waals surface area contributed by atoms with Crippen LogP contribution in [-0.2, 0) is 17.8 Å². The van der Waals surface area contributed by atoms with E-state index in [-0.39, 0.29) is 6.61 Å². The third kappa shape index (κ3) is 3.26. The van der Waals surface area contributed by atoms with Gasteiger partial charge in [0.2, 0.25) is 0 Å². The molecule has 0 saturated carbocycles.